The van der Waals surface area contributed by atoms with Crippen LogP contribution in [0.25, 0.3) is 27.7 Å². The largest absolute Gasteiger partial charge is 0.505 e. The van der Waals surface area contributed by atoms with Gasteiger partial charge in [-0.15, -0.1) is 17.7 Å². The molecule has 0 unspecified atom stereocenters. The number of benzene rings is 2. The molecule has 0 radical (unpaired) electrons. The number of hydrogen-bond acceptors (Lipinski definition) is 5. The molecule has 2 heterocycles. The molecule has 118 valence electrons. The zero-order valence-electron chi connectivity index (χ0n) is 12.3. The number of aromatic nitrogens is 4. The highest BCUT2D eigenvalue weighted by Crippen LogP contribution is 2.34. The fourth-order valence-electron chi connectivity index (χ4n) is 2.73. The molecule has 6 nitrogen and oxygen atoms in total. The maximum Gasteiger partial charge on any atom is 0.251 e. The van der Waals surface area contributed by atoms with E-state index in [1.54, 1.807) is 0 Å². The molecule has 0 saturated carbocycles. The summed E-state index contributed by atoms with van der Waals surface area (Å²) in [6.07, 6.45) is 1.40. The Labute approximate surface area is 141 Å². The number of thiol groups is 1. The Bertz CT molecular complexity index is 1110. The first-order valence-corrected chi connectivity index (χ1v) is 7.65. The summed E-state index contributed by atoms with van der Waals surface area (Å²) in [6, 6.07) is 14.9. The Morgan fingerprint density at radius 3 is 2.75 bits per heavy atom. The number of H-pyrrole nitrogens is 1. The van der Waals surface area contributed by atoms with Gasteiger partial charge in [0.2, 0.25) is 0 Å². The average Bonchev–Trinajstić information content (AvgIpc) is 2.95. The highest BCUT2D eigenvalue weighted by Gasteiger charge is 2.18. The van der Waals surface area contributed by atoms with Gasteiger partial charge in [-0.3, -0.25) is 4.79 Å². The van der Waals surface area contributed by atoms with Gasteiger partial charge >= 0.3 is 0 Å². The SMILES string of the molecule is O=c1cc(O)c(-n2nnc(S)c2-c2cccc3ccccc23)c[nH]1. The molecule has 7 heteroatoms. The first-order valence-electron chi connectivity index (χ1n) is 7.20. The molecule has 0 saturated heterocycles. The molecule has 0 spiro atoms. The van der Waals surface area contributed by atoms with Crippen LogP contribution in [0.3, 0.4) is 0 Å². The van der Waals surface area contributed by atoms with Crippen LogP contribution in [0.1, 0.15) is 0 Å². The van der Waals surface area contributed by atoms with E-state index in [0.29, 0.717) is 16.4 Å². The van der Waals surface area contributed by atoms with E-state index in [-0.39, 0.29) is 5.75 Å². The van der Waals surface area contributed by atoms with Crippen molar-refractivity contribution < 1.29 is 5.11 Å². The van der Waals surface area contributed by atoms with Gasteiger partial charge in [-0.2, -0.15) is 0 Å². The lowest BCUT2D eigenvalue weighted by molar-refractivity contribution is 0.468. The van der Waals surface area contributed by atoms with E-state index in [9.17, 15) is 9.90 Å². The number of fused-ring (bicyclic) bond motifs is 1. The molecule has 0 aliphatic heterocycles. The molecule has 0 amide bonds. The standard InChI is InChI=1S/C17H12N4O2S/c22-14-8-15(23)18-9-13(14)21-16(17(24)19-20-21)12-7-3-5-10-4-1-2-6-11(10)12/h1-9,24H,(H2,18,22,23). The Balaban J connectivity index is 2.03. The monoisotopic (exact) mass is 336 g/mol. The van der Waals surface area contributed by atoms with Crippen LogP contribution in [0.2, 0.25) is 0 Å². The van der Waals surface area contributed by atoms with Gasteiger partial charge in [0.25, 0.3) is 5.56 Å². The van der Waals surface area contributed by atoms with Crippen molar-refractivity contribution in [2.75, 3.05) is 0 Å². The van der Waals surface area contributed by atoms with Crippen molar-refractivity contribution >= 4 is 23.4 Å². The first-order chi connectivity index (χ1) is 11.6. The van der Waals surface area contributed by atoms with Gasteiger partial charge in [0, 0.05) is 17.8 Å². The fourth-order valence-corrected chi connectivity index (χ4v) is 2.99. The molecule has 2 aromatic carbocycles. The van der Waals surface area contributed by atoms with Crippen LogP contribution in [0.4, 0.5) is 0 Å². The lowest BCUT2D eigenvalue weighted by Crippen LogP contribution is -2.07. The topological polar surface area (TPSA) is 83.8 Å². The van der Waals surface area contributed by atoms with Crippen LogP contribution >= 0.6 is 12.6 Å². The molecule has 0 fully saturated rings. The van der Waals surface area contributed by atoms with Crippen molar-refractivity contribution in [2.24, 2.45) is 0 Å². The molecular weight excluding hydrogens is 324 g/mol. The average molecular weight is 336 g/mol. The minimum absolute atomic E-state index is 0.182. The Morgan fingerprint density at radius 2 is 1.92 bits per heavy atom. The van der Waals surface area contributed by atoms with Gasteiger partial charge in [0.15, 0.2) is 0 Å². The van der Waals surface area contributed by atoms with Crippen LogP contribution in [0.15, 0.2) is 64.5 Å². The summed E-state index contributed by atoms with van der Waals surface area (Å²) in [7, 11) is 0. The van der Waals surface area contributed by atoms with Crippen molar-refractivity contribution in [1.29, 1.82) is 0 Å². The second-order valence-electron chi connectivity index (χ2n) is 5.27. The highest BCUT2D eigenvalue weighted by molar-refractivity contribution is 7.80. The molecular formula is C17H12N4O2S. The molecule has 2 aromatic heterocycles. The van der Waals surface area contributed by atoms with E-state index < -0.39 is 5.56 Å². The summed E-state index contributed by atoms with van der Waals surface area (Å²) in [6.45, 7) is 0. The molecule has 0 bridgehead atoms. The van der Waals surface area contributed by atoms with E-state index in [1.807, 2.05) is 42.5 Å². The second kappa shape index (κ2) is 5.54. The zero-order valence-corrected chi connectivity index (χ0v) is 13.2. The van der Waals surface area contributed by atoms with Crippen molar-refractivity contribution in [2.45, 2.75) is 5.03 Å². The highest BCUT2D eigenvalue weighted by atomic mass is 32.1. The number of nitrogens with zero attached hydrogens (tertiary/aromatic N) is 3. The number of aromatic amines is 1. The van der Waals surface area contributed by atoms with E-state index in [2.05, 4.69) is 27.9 Å². The van der Waals surface area contributed by atoms with Gasteiger partial charge in [-0.1, -0.05) is 47.7 Å². The Kier molecular flexibility index (Phi) is 3.35. The van der Waals surface area contributed by atoms with E-state index in [0.717, 1.165) is 22.4 Å². The van der Waals surface area contributed by atoms with Crippen LogP contribution in [0.5, 0.6) is 5.75 Å². The van der Waals surface area contributed by atoms with Crippen molar-refractivity contribution in [3.8, 4) is 22.7 Å². The third-order valence-electron chi connectivity index (χ3n) is 3.81. The van der Waals surface area contributed by atoms with Crippen molar-refractivity contribution in [3.05, 3.63) is 65.1 Å². The van der Waals surface area contributed by atoms with E-state index in [1.165, 1.54) is 10.9 Å². The number of aromatic hydroxyl groups is 1. The van der Waals surface area contributed by atoms with Gasteiger partial charge in [0.05, 0.1) is 0 Å². The van der Waals surface area contributed by atoms with E-state index in [4.69, 9.17) is 0 Å². The maximum absolute atomic E-state index is 11.3. The summed E-state index contributed by atoms with van der Waals surface area (Å²) in [5.74, 6) is -0.182. The summed E-state index contributed by atoms with van der Waals surface area (Å²) < 4.78 is 1.47. The summed E-state index contributed by atoms with van der Waals surface area (Å²) >= 11 is 4.41. The molecule has 24 heavy (non-hydrogen) atoms. The van der Waals surface area contributed by atoms with Crippen LogP contribution in [-0.2, 0) is 0 Å². The molecule has 0 atom stereocenters. The minimum atomic E-state index is -0.394. The third-order valence-corrected chi connectivity index (χ3v) is 4.11. The maximum atomic E-state index is 11.3. The van der Waals surface area contributed by atoms with Gasteiger partial charge in [-0.05, 0) is 10.8 Å². The van der Waals surface area contributed by atoms with Crippen molar-refractivity contribution in [1.82, 2.24) is 20.0 Å². The van der Waals surface area contributed by atoms with E-state index >= 15 is 0 Å². The van der Waals surface area contributed by atoms with Crippen LogP contribution in [0, 0.1) is 0 Å². The van der Waals surface area contributed by atoms with Crippen LogP contribution < -0.4 is 5.56 Å². The fraction of sp³-hybridized carbons (Fsp3) is 0. The third kappa shape index (κ3) is 2.26. The molecule has 4 rings (SSSR count). The number of hydrogen-bond donors (Lipinski definition) is 3. The Hall–Kier alpha value is -3.06. The Morgan fingerprint density at radius 1 is 1.12 bits per heavy atom. The number of nitrogens with one attached hydrogen (secondary N) is 1. The van der Waals surface area contributed by atoms with Gasteiger partial charge in [0.1, 0.15) is 22.2 Å². The second-order valence-corrected chi connectivity index (χ2v) is 5.69. The molecule has 4 aromatic rings. The normalized spacial score (nSPS) is 11.0. The summed E-state index contributed by atoms with van der Waals surface area (Å²) in [5, 5.41) is 20.7. The summed E-state index contributed by atoms with van der Waals surface area (Å²) in [4.78, 5) is 13.9. The minimum Gasteiger partial charge on any atom is -0.505 e. The lowest BCUT2D eigenvalue weighted by Gasteiger charge is -2.10. The zero-order chi connectivity index (χ0) is 16.7. The predicted octanol–water partition coefficient (Wildman–Crippen LogP) is 2.77. The molecule has 0 aliphatic carbocycles. The van der Waals surface area contributed by atoms with Crippen LogP contribution in [-0.4, -0.2) is 25.1 Å². The summed E-state index contributed by atoms with van der Waals surface area (Å²) in [5.41, 5.74) is 1.45. The smallest absolute Gasteiger partial charge is 0.251 e. The first kappa shape index (κ1) is 14.5. The number of pyridine rings is 1. The quantitative estimate of drug-likeness (QED) is 0.492. The predicted molar refractivity (Wildman–Crippen MR) is 93.8 cm³/mol. The number of rotatable bonds is 2. The molecule has 0 aliphatic rings. The van der Waals surface area contributed by atoms with Crippen molar-refractivity contribution in [3.63, 3.8) is 0 Å². The molecule has 2 N–H and O–H groups in total. The lowest BCUT2D eigenvalue weighted by atomic mass is 10.0. The van der Waals surface area contributed by atoms with Gasteiger partial charge in [-0.25, -0.2) is 4.68 Å². The van der Waals surface area contributed by atoms with Gasteiger partial charge < -0.3 is 10.1 Å².